The molecule has 1 N–H and O–H groups in total. The number of benzene rings is 2. The number of hydrogen-bond donors (Lipinski definition) is 1. The summed E-state index contributed by atoms with van der Waals surface area (Å²) in [6.45, 7) is 4.36. The van der Waals surface area contributed by atoms with Crippen LogP contribution >= 0.6 is 0 Å². The van der Waals surface area contributed by atoms with Gasteiger partial charge in [0.2, 0.25) is 15.8 Å². The number of para-hydroxylation sites is 2. The molecule has 0 fully saturated rings. The first-order chi connectivity index (χ1) is 14.8. The summed E-state index contributed by atoms with van der Waals surface area (Å²) in [5.41, 5.74) is 2.21. The third kappa shape index (κ3) is 4.51. The molecule has 0 atom stereocenters. The fourth-order valence-electron chi connectivity index (χ4n) is 3.10. The van der Waals surface area contributed by atoms with E-state index in [0.29, 0.717) is 23.9 Å². The van der Waals surface area contributed by atoms with Gasteiger partial charge in [-0.15, -0.1) is 0 Å². The van der Waals surface area contributed by atoms with Crippen molar-refractivity contribution in [2.75, 3.05) is 11.6 Å². The molecule has 2 heterocycles. The SMILES string of the molecule is CC(C)c1cnn2c(NCc3ccccc3Oc3ccccc3)nc(S(C)(=O)=O)nc12. The van der Waals surface area contributed by atoms with Gasteiger partial charge in [0.25, 0.3) is 5.16 Å². The van der Waals surface area contributed by atoms with Crippen LogP contribution in [0.3, 0.4) is 0 Å². The van der Waals surface area contributed by atoms with E-state index in [1.807, 2.05) is 68.4 Å². The van der Waals surface area contributed by atoms with Gasteiger partial charge >= 0.3 is 0 Å². The fourth-order valence-corrected chi connectivity index (χ4v) is 3.61. The molecule has 31 heavy (non-hydrogen) atoms. The van der Waals surface area contributed by atoms with Gasteiger partial charge in [0.05, 0.1) is 6.20 Å². The Labute approximate surface area is 180 Å². The Morgan fingerprint density at radius 2 is 1.74 bits per heavy atom. The average molecular weight is 438 g/mol. The molecule has 0 bridgehead atoms. The second-order valence-electron chi connectivity index (χ2n) is 7.47. The van der Waals surface area contributed by atoms with Gasteiger partial charge in [0.1, 0.15) is 11.5 Å². The quantitative estimate of drug-likeness (QED) is 0.466. The topological polar surface area (TPSA) is 98.5 Å². The number of fused-ring (bicyclic) bond motifs is 1. The molecule has 2 aromatic carbocycles. The van der Waals surface area contributed by atoms with Crippen LogP contribution in [0.15, 0.2) is 66.0 Å². The lowest BCUT2D eigenvalue weighted by molar-refractivity contribution is 0.477. The summed E-state index contributed by atoms with van der Waals surface area (Å²) >= 11 is 0. The van der Waals surface area contributed by atoms with E-state index in [9.17, 15) is 8.42 Å². The molecule has 0 saturated carbocycles. The number of aromatic nitrogens is 4. The number of sulfone groups is 1. The fraction of sp³-hybridized carbons (Fsp3) is 0.227. The zero-order valence-corrected chi connectivity index (χ0v) is 18.3. The van der Waals surface area contributed by atoms with E-state index >= 15 is 0 Å². The smallest absolute Gasteiger partial charge is 0.252 e. The molecule has 0 unspecified atom stereocenters. The van der Waals surface area contributed by atoms with Gasteiger partial charge in [-0.2, -0.15) is 19.6 Å². The first-order valence-corrected chi connectivity index (χ1v) is 11.7. The number of anilines is 1. The van der Waals surface area contributed by atoms with Crippen molar-refractivity contribution in [2.24, 2.45) is 0 Å². The van der Waals surface area contributed by atoms with Crippen LogP contribution in [-0.2, 0) is 16.4 Å². The van der Waals surface area contributed by atoms with Crippen molar-refractivity contribution in [1.82, 2.24) is 19.6 Å². The highest BCUT2D eigenvalue weighted by Crippen LogP contribution is 2.26. The van der Waals surface area contributed by atoms with Crippen molar-refractivity contribution >= 4 is 21.4 Å². The Balaban J connectivity index is 1.68. The predicted molar refractivity (Wildman–Crippen MR) is 118 cm³/mol. The molecule has 0 aliphatic rings. The third-order valence-corrected chi connectivity index (χ3v) is 5.55. The molecule has 0 aliphatic carbocycles. The molecule has 4 rings (SSSR count). The van der Waals surface area contributed by atoms with Crippen LogP contribution < -0.4 is 10.1 Å². The minimum absolute atomic E-state index is 0.132. The highest BCUT2D eigenvalue weighted by molar-refractivity contribution is 7.90. The first kappa shape index (κ1) is 20.8. The minimum atomic E-state index is -3.60. The van der Waals surface area contributed by atoms with Gasteiger partial charge in [-0.3, -0.25) is 0 Å². The molecular formula is C22H23N5O3S. The highest BCUT2D eigenvalue weighted by atomic mass is 32.2. The van der Waals surface area contributed by atoms with Gasteiger partial charge < -0.3 is 10.1 Å². The molecule has 0 radical (unpaired) electrons. The lowest BCUT2D eigenvalue weighted by Crippen LogP contribution is -2.14. The molecule has 0 aliphatic heterocycles. The van der Waals surface area contributed by atoms with E-state index in [1.54, 1.807) is 6.20 Å². The second kappa shape index (κ2) is 8.35. The van der Waals surface area contributed by atoms with Crippen LogP contribution in [-0.4, -0.2) is 34.3 Å². The summed E-state index contributed by atoms with van der Waals surface area (Å²) in [7, 11) is -3.60. The summed E-state index contributed by atoms with van der Waals surface area (Å²) < 4.78 is 31.9. The number of rotatable bonds is 7. The molecular weight excluding hydrogens is 414 g/mol. The minimum Gasteiger partial charge on any atom is -0.457 e. The third-order valence-electron chi connectivity index (χ3n) is 4.71. The molecule has 8 nitrogen and oxygen atoms in total. The van der Waals surface area contributed by atoms with Crippen LogP contribution in [0.25, 0.3) is 5.65 Å². The van der Waals surface area contributed by atoms with Crippen LogP contribution in [0.2, 0.25) is 0 Å². The largest absolute Gasteiger partial charge is 0.457 e. The van der Waals surface area contributed by atoms with E-state index in [0.717, 1.165) is 23.1 Å². The zero-order chi connectivity index (χ0) is 22.0. The zero-order valence-electron chi connectivity index (χ0n) is 17.5. The van der Waals surface area contributed by atoms with Gasteiger partial charge in [0.15, 0.2) is 5.65 Å². The van der Waals surface area contributed by atoms with E-state index in [2.05, 4.69) is 20.4 Å². The number of ether oxygens (including phenoxy) is 1. The monoisotopic (exact) mass is 437 g/mol. The summed E-state index contributed by atoms with van der Waals surface area (Å²) in [6.07, 6.45) is 2.79. The van der Waals surface area contributed by atoms with Crippen molar-refractivity contribution in [3.05, 3.63) is 71.9 Å². The first-order valence-electron chi connectivity index (χ1n) is 9.83. The Morgan fingerprint density at radius 3 is 2.45 bits per heavy atom. The van der Waals surface area contributed by atoms with Crippen LogP contribution in [0.4, 0.5) is 5.95 Å². The Bertz CT molecular complexity index is 1320. The van der Waals surface area contributed by atoms with Crippen molar-refractivity contribution < 1.29 is 13.2 Å². The van der Waals surface area contributed by atoms with Crippen molar-refractivity contribution in [1.29, 1.82) is 0 Å². The predicted octanol–water partition coefficient (Wildman–Crippen LogP) is 4.06. The molecule has 0 saturated heterocycles. The Kier molecular flexibility index (Phi) is 5.60. The lowest BCUT2D eigenvalue weighted by Gasteiger charge is -2.13. The van der Waals surface area contributed by atoms with E-state index < -0.39 is 9.84 Å². The van der Waals surface area contributed by atoms with E-state index in [-0.39, 0.29) is 11.1 Å². The maximum absolute atomic E-state index is 12.2. The lowest BCUT2D eigenvalue weighted by atomic mass is 10.1. The number of hydrogen-bond acceptors (Lipinski definition) is 7. The van der Waals surface area contributed by atoms with Crippen molar-refractivity contribution in [2.45, 2.75) is 31.5 Å². The van der Waals surface area contributed by atoms with Crippen molar-refractivity contribution in [3.8, 4) is 11.5 Å². The maximum Gasteiger partial charge on any atom is 0.252 e. The molecule has 0 amide bonds. The van der Waals surface area contributed by atoms with E-state index in [4.69, 9.17) is 4.74 Å². The molecule has 160 valence electrons. The molecule has 9 heteroatoms. The van der Waals surface area contributed by atoms with E-state index in [1.165, 1.54) is 4.52 Å². The van der Waals surface area contributed by atoms with Gasteiger partial charge in [-0.1, -0.05) is 50.2 Å². The molecule has 2 aromatic heterocycles. The van der Waals surface area contributed by atoms with Crippen LogP contribution in [0, 0.1) is 0 Å². The average Bonchev–Trinajstić information content (AvgIpc) is 3.17. The summed E-state index contributed by atoms with van der Waals surface area (Å²) in [5, 5.41) is 7.33. The Hall–Kier alpha value is -3.46. The number of nitrogens with one attached hydrogen (secondary N) is 1. The Morgan fingerprint density at radius 1 is 1.03 bits per heavy atom. The maximum atomic E-state index is 12.2. The summed E-state index contributed by atoms with van der Waals surface area (Å²) in [6, 6.07) is 17.1. The summed E-state index contributed by atoms with van der Waals surface area (Å²) in [5.74, 6) is 1.85. The number of nitrogens with zero attached hydrogens (tertiary/aromatic N) is 4. The highest BCUT2D eigenvalue weighted by Gasteiger charge is 2.20. The van der Waals surface area contributed by atoms with Gasteiger partial charge in [0, 0.05) is 23.9 Å². The van der Waals surface area contributed by atoms with Gasteiger partial charge in [-0.25, -0.2) is 8.42 Å². The summed E-state index contributed by atoms with van der Waals surface area (Å²) in [4.78, 5) is 8.48. The normalized spacial score (nSPS) is 11.7. The molecule has 0 spiro atoms. The second-order valence-corrected chi connectivity index (χ2v) is 9.38. The van der Waals surface area contributed by atoms with Gasteiger partial charge in [-0.05, 0) is 24.1 Å². The van der Waals surface area contributed by atoms with Crippen LogP contribution in [0.1, 0.15) is 30.9 Å². The van der Waals surface area contributed by atoms with Crippen LogP contribution in [0.5, 0.6) is 11.5 Å². The standard InChI is InChI=1S/C22H23N5O3S/c1-15(2)18-14-24-27-20(18)25-22(31(3,28)29)26-21(27)23-13-16-9-7-8-12-19(16)30-17-10-5-4-6-11-17/h4-12,14-15H,13H2,1-3H3,(H,23,25,26). The van der Waals surface area contributed by atoms with Crippen molar-refractivity contribution in [3.63, 3.8) is 0 Å². The molecule has 4 aromatic rings.